The number of rotatable bonds is 4. The molecule has 90 valence electrons. The van der Waals surface area contributed by atoms with Crippen LogP contribution in [-0.2, 0) is 6.54 Å². The van der Waals surface area contributed by atoms with Crippen LogP contribution in [0.2, 0.25) is 0 Å². The van der Waals surface area contributed by atoms with Crippen molar-refractivity contribution in [1.29, 1.82) is 0 Å². The third-order valence-electron chi connectivity index (χ3n) is 2.30. The minimum atomic E-state index is -0.325. The van der Waals surface area contributed by atoms with Crippen molar-refractivity contribution in [3.05, 3.63) is 46.6 Å². The van der Waals surface area contributed by atoms with Gasteiger partial charge in [-0.05, 0) is 34.1 Å². The van der Waals surface area contributed by atoms with Crippen LogP contribution in [0.5, 0.6) is 5.75 Å². The van der Waals surface area contributed by atoms with Gasteiger partial charge in [0.2, 0.25) is 0 Å². The van der Waals surface area contributed by atoms with Crippen LogP contribution in [0.1, 0.15) is 5.76 Å². The molecule has 0 saturated heterocycles. The Bertz CT molecular complexity index is 513. The number of halogens is 2. The summed E-state index contributed by atoms with van der Waals surface area (Å²) in [5.74, 6) is 0.994. The number of methoxy groups -OCH3 is 1. The predicted octanol–water partition coefficient (Wildman–Crippen LogP) is 3.80. The van der Waals surface area contributed by atoms with E-state index < -0.39 is 0 Å². The molecule has 0 radical (unpaired) electrons. The molecule has 3 nitrogen and oxygen atoms in total. The van der Waals surface area contributed by atoms with Crippen LogP contribution in [0, 0.1) is 5.82 Å². The molecule has 0 aliphatic carbocycles. The minimum absolute atomic E-state index is 0.325. The smallest absolute Gasteiger partial charge is 0.146 e. The van der Waals surface area contributed by atoms with Gasteiger partial charge in [0.15, 0.2) is 0 Å². The van der Waals surface area contributed by atoms with Crippen molar-refractivity contribution >= 4 is 21.6 Å². The molecular weight excluding hydrogens is 289 g/mol. The summed E-state index contributed by atoms with van der Waals surface area (Å²) in [6.45, 7) is 0.400. The number of benzene rings is 1. The first-order valence-corrected chi connectivity index (χ1v) is 5.79. The summed E-state index contributed by atoms with van der Waals surface area (Å²) in [4.78, 5) is 0. The Kier molecular flexibility index (Phi) is 3.68. The molecule has 0 aliphatic heterocycles. The normalized spacial score (nSPS) is 10.3. The van der Waals surface area contributed by atoms with Gasteiger partial charge < -0.3 is 14.5 Å². The molecule has 0 saturated carbocycles. The average molecular weight is 300 g/mol. The summed E-state index contributed by atoms with van der Waals surface area (Å²) in [5, 5.41) is 2.95. The number of hydrogen-bond donors (Lipinski definition) is 1. The van der Waals surface area contributed by atoms with Gasteiger partial charge in [-0.2, -0.15) is 0 Å². The average Bonchev–Trinajstić information content (AvgIpc) is 2.74. The minimum Gasteiger partial charge on any atom is -0.497 e. The highest BCUT2D eigenvalue weighted by Crippen LogP contribution is 2.23. The monoisotopic (exact) mass is 299 g/mol. The van der Waals surface area contributed by atoms with Crippen molar-refractivity contribution in [2.45, 2.75) is 6.54 Å². The summed E-state index contributed by atoms with van der Waals surface area (Å²) in [6, 6.07) is 6.33. The van der Waals surface area contributed by atoms with E-state index in [9.17, 15) is 4.39 Å². The number of furan rings is 1. The Balaban J connectivity index is 2.11. The van der Waals surface area contributed by atoms with Gasteiger partial charge in [0.25, 0.3) is 0 Å². The molecule has 0 fully saturated rings. The van der Waals surface area contributed by atoms with Gasteiger partial charge in [0.1, 0.15) is 17.3 Å². The van der Waals surface area contributed by atoms with Crippen LogP contribution >= 0.6 is 15.9 Å². The van der Waals surface area contributed by atoms with Crippen LogP contribution < -0.4 is 10.1 Å². The molecular formula is C12H11BrFNO2. The van der Waals surface area contributed by atoms with E-state index in [1.165, 1.54) is 6.07 Å². The molecule has 2 aromatic rings. The molecule has 0 atom stereocenters. The van der Waals surface area contributed by atoms with Crippen molar-refractivity contribution in [1.82, 2.24) is 0 Å². The second-order valence-corrected chi connectivity index (χ2v) is 4.25. The van der Waals surface area contributed by atoms with E-state index in [1.54, 1.807) is 31.6 Å². The van der Waals surface area contributed by atoms with E-state index in [4.69, 9.17) is 9.15 Å². The van der Waals surface area contributed by atoms with Gasteiger partial charge in [0, 0.05) is 6.07 Å². The summed E-state index contributed by atoms with van der Waals surface area (Å²) >= 11 is 3.33. The highest BCUT2D eigenvalue weighted by molar-refractivity contribution is 9.10. The number of ether oxygens (including phenoxy) is 1. The third kappa shape index (κ3) is 2.79. The molecule has 2 rings (SSSR count). The Morgan fingerprint density at radius 2 is 2.24 bits per heavy atom. The van der Waals surface area contributed by atoms with Gasteiger partial charge in [0.05, 0.1) is 30.1 Å². The third-order valence-corrected chi connectivity index (χ3v) is 3.01. The van der Waals surface area contributed by atoms with Crippen molar-refractivity contribution < 1.29 is 13.5 Å². The molecule has 1 heterocycles. The lowest BCUT2D eigenvalue weighted by atomic mass is 10.3. The van der Waals surface area contributed by atoms with E-state index in [0.29, 0.717) is 23.7 Å². The molecule has 1 aromatic carbocycles. The molecule has 0 bridgehead atoms. The van der Waals surface area contributed by atoms with E-state index in [-0.39, 0.29) is 5.82 Å². The molecule has 0 aliphatic rings. The zero-order valence-electron chi connectivity index (χ0n) is 9.17. The van der Waals surface area contributed by atoms with Gasteiger partial charge in [-0.15, -0.1) is 0 Å². The maximum Gasteiger partial charge on any atom is 0.146 e. The first-order valence-electron chi connectivity index (χ1n) is 5.00. The molecule has 0 spiro atoms. The van der Waals surface area contributed by atoms with Gasteiger partial charge in [-0.25, -0.2) is 4.39 Å². The zero-order chi connectivity index (χ0) is 12.3. The second-order valence-electron chi connectivity index (χ2n) is 3.39. The standard InChI is InChI=1S/C12H11BrFNO2/c1-16-8-2-3-10(14)11(6-8)15-7-12-9(13)4-5-17-12/h2-6,15H,7H2,1H3. The first-order chi connectivity index (χ1) is 8.20. The van der Waals surface area contributed by atoms with Crippen molar-refractivity contribution in [3.8, 4) is 5.75 Å². The van der Waals surface area contributed by atoms with Crippen LogP contribution in [-0.4, -0.2) is 7.11 Å². The summed E-state index contributed by atoms with van der Waals surface area (Å²) < 4.78 is 24.6. The van der Waals surface area contributed by atoms with E-state index in [2.05, 4.69) is 21.2 Å². The fourth-order valence-corrected chi connectivity index (χ4v) is 1.74. The highest BCUT2D eigenvalue weighted by atomic mass is 79.9. The second kappa shape index (κ2) is 5.23. The van der Waals surface area contributed by atoms with Crippen LogP contribution in [0.15, 0.2) is 39.4 Å². The number of anilines is 1. The van der Waals surface area contributed by atoms with Crippen molar-refractivity contribution in [3.63, 3.8) is 0 Å². The number of hydrogen-bond acceptors (Lipinski definition) is 3. The zero-order valence-corrected chi connectivity index (χ0v) is 10.8. The lowest BCUT2D eigenvalue weighted by Gasteiger charge is -2.08. The topological polar surface area (TPSA) is 34.4 Å². The quantitative estimate of drug-likeness (QED) is 0.932. The summed E-state index contributed by atoms with van der Waals surface area (Å²) in [6.07, 6.45) is 1.57. The molecule has 5 heteroatoms. The SMILES string of the molecule is COc1ccc(F)c(NCc2occc2Br)c1. The van der Waals surface area contributed by atoms with Crippen LogP contribution in [0.3, 0.4) is 0 Å². The fraction of sp³-hybridized carbons (Fsp3) is 0.167. The first kappa shape index (κ1) is 12.0. The predicted molar refractivity (Wildman–Crippen MR) is 66.7 cm³/mol. The number of nitrogens with one attached hydrogen (secondary N) is 1. The summed E-state index contributed by atoms with van der Waals surface area (Å²) in [7, 11) is 1.54. The van der Waals surface area contributed by atoms with Crippen molar-refractivity contribution in [2.24, 2.45) is 0 Å². The summed E-state index contributed by atoms with van der Waals surface area (Å²) in [5.41, 5.74) is 0.382. The van der Waals surface area contributed by atoms with Crippen LogP contribution in [0.25, 0.3) is 0 Å². The lowest BCUT2D eigenvalue weighted by molar-refractivity contribution is 0.414. The molecule has 1 aromatic heterocycles. The van der Waals surface area contributed by atoms with Crippen LogP contribution in [0.4, 0.5) is 10.1 Å². The molecule has 17 heavy (non-hydrogen) atoms. The van der Waals surface area contributed by atoms with E-state index in [0.717, 1.165) is 4.47 Å². The highest BCUT2D eigenvalue weighted by Gasteiger charge is 2.07. The Morgan fingerprint density at radius 3 is 2.88 bits per heavy atom. The van der Waals surface area contributed by atoms with E-state index in [1.807, 2.05) is 0 Å². The maximum atomic E-state index is 13.5. The Labute approximate surface area is 107 Å². The van der Waals surface area contributed by atoms with E-state index >= 15 is 0 Å². The molecule has 0 amide bonds. The fourth-order valence-electron chi connectivity index (χ4n) is 1.39. The lowest BCUT2D eigenvalue weighted by Crippen LogP contribution is -2.01. The molecule has 1 N–H and O–H groups in total. The Hall–Kier alpha value is -1.49. The molecule has 0 unspecified atom stereocenters. The largest absolute Gasteiger partial charge is 0.497 e. The Morgan fingerprint density at radius 1 is 1.41 bits per heavy atom. The maximum absolute atomic E-state index is 13.5. The van der Waals surface area contributed by atoms with Gasteiger partial charge >= 0.3 is 0 Å². The van der Waals surface area contributed by atoms with Crippen molar-refractivity contribution in [2.75, 3.05) is 12.4 Å². The van der Waals surface area contributed by atoms with Gasteiger partial charge in [-0.1, -0.05) is 0 Å². The van der Waals surface area contributed by atoms with Gasteiger partial charge in [-0.3, -0.25) is 0 Å².